The Bertz CT molecular complexity index is 516. The van der Waals surface area contributed by atoms with Crippen LogP contribution in [0.4, 0.5) is 0 Å². The zero-order valence-corrected chi connectivity index (χ0v) is 17.5. The number of fused-ring (bicyclic) bond motifs is 1. The number of hydrogen-bond acceptors (Lipinski definition) is 0. The summed E-state index contributed by atoms with van der Waals surface area (Å²) >= 11 is 25.0. The summed E-state index contributed by atoms with van der Waals surface area (Å²) in [5.74, 6) is 0. The molecule has 0 amide bonds. The number of rotatable bonds is 3. The predicted molar refractivity (Wildman–Crippen MR) is 87.8 cm³/mol. The zero-order valence-electron chi connectivity index (χ0n) is 13.0. The lowest BCUT2D eigenvalue weighted by molar-refractivity contribution is -0.961. The number of benzene rings is 1. The molecule has 0 spiro atoms. The fraction of sp³-hybridized carbons (Fsp3) is 0.571. The van der Waals surface area contributed by atoms with Gasteiger partial charge in [0.25, 0.3) is 0 Å². The topological polar surface area (TPSA) is 0 Å². The lowest BCUT2D eigenvalue weighted by atomic mass is 10.1. The third kappa shape index (κ3) is 4.70. The smallest absolute Gasteiger partial charge is 0.129 e. The highest BCUT2D eigenvalue weighted by Crippen LogP contribution is 2.46. The lowest BCUT2D eigenvalue weighted by Crippen LogP contribution is -3.00. The van der Waals surface area contributed by atoms with E-state index >= 15 is 0 Å². The molecule has 0 fully saturated rings. The Kier molecular flexibility index (Phi) is 8.15. The molecule has 1 heterocycles. The average molecular weight is 429 g/mol. The van der Waals surface area contributed by atoms with Crippen LogP contribution in [0, 0.1) is 0 Å². The molecule has 0 saturated carbocycles. The monoisotopic (exact) mass is 426 g/mol. The van der Waals surface area contributed by atoms with Gasteiger partial charge in [0.1, 0.15) is 26.2 Å². The quantitative estimate of drug-likeness (QED) is 0.311. The van der Waals surface area contributed by atoms with Crippen LogP contribution in [0.5, 0.6) is 0 Å². The van der Waals surface area contributed by atoms with E-state index in [1.165, 1.54) is 0 Å². The van der Waals surface area contributed by atoms with Crippen molar-refractivity contribution in [2.45, 2.75) is 13.1 Å². The zero-order chi connectivity index (χ0) is 15.3. The van der Waals surface area contributed by atoms with Crippen LogP contribution in [-0.4, -0.2) is 50.2 Å². The van der Waals surface area contributed by atoms with Crippen molar-refractivity contribution in [3.05, 3.63) is 31.2 Å². The van der Waals surface area contributed by atoms with E-state index in [1.807, 2.05) is 0 Å². The minimum atomic E-state index is 0. The van der Waals surface area contributed by atoms with Crippen LogP contribution >= 0.6 is 46.4 Å². The molecule has 128 valence electrons. The van der Waals surface area contributed by atoms with E-state index in [4.69, 9.17) is 46.4 Å². The lowest BCUT2D eigenvalue weighted by Gasteiger charge is -2.33. The average Bonchev–Trinajstić information content (AvgIpc) is 2.70. The predicted octanol–water partition coefficient (Wildman–Crippen LogP) is -1.53. The van der Waals surface area contributed by atoms with Gasteiger partial charge in [-0.25, -0.2) is 0 Å². The molecule has 0 radical (unpaired) electrons. The molecular formula is C14H20Cl6N2. The van der Waals surface area contributed by atoms with Crippen molar-refractivity contribution < 1.29 is 33.8 Å². The van der Waals surface area contributed by atoms with E-state index in [9.17, 15) is 0 Å². The van der Waals surface area contributed by atoms with E-state index in [0.717, 1.165) is 46.3 Å². The van der Waals surface area contributed by atoms with Crippen molar-refractivity contribution in [2.24, 2.45) is 0 Å². The summed E-state index contributed by atoms with van der Waals surface area (Å²) in [5, 5.41) is 1.86. The first-order chi connectivity index (χ1) is 9.04. The van der Waals surface area contributed by atoms with Gasteiger partial charge in [-0.3, -0.25) is 0 Å². The minimum Gasteiger partial charge on any atom is -1.00 e. The standard InChI is InChI=1S/C14H20Cl4N2.2ClH/c1-19(2,3)5-6-20(4)7-9-10(8-20)12(16)14(18)13(17)11(9)15;;/h5-8H2,1-4H3;2*1H/q+2;;/p-2. The molecule has 0 atom stereocenters. The third-order valence-corrected chi connectivity index (χ3v) is 5.74. The van der Waals surface area contributed by atoms with Gasteiger partial charge < -0.3 is 33.8 Å². The fourth-order valence-corrected chi connectivity index (χ4v) is 3.62. The Morgan fingerprint density at radius 1 is 0.818 bits per heavy atom. The van der Waals surface area contributed by atoms with E-state index < -0.39 is 0 Å². The van der Waals surface area contributed by atoms with Crippen molar-refractivity contribution >= 4 is 46.4 Å². The van der Waals surface area contributed by atoms with Gasteiger partial charge in [0.2, 0.25) is 0 Å². The highest BCUT2D eigenvalue weighted by Gasteiger charge is 2.38. The molecule has 22 heavy (non-hydrogen) atoms. The molecule has 2 nitrogen and oxygen atoms in total. The number of hydrogen-bond donors (Lipinski definition) is 0. The maximum Gasteiger partial charge on any atom is 0.129 e. The molecular weight excluding hydrogens is 409 g/mol. The van der Waals surface area contributed by atoms with Crippen LogP contribution in [0.25, 0.3) is 0 Å². The second-order valence-electron chi connectivity index (χ2n) is 6.89. The molecule has 1 aliphatic rings. The van der Waals surface area contributed by atoms with Gasteiger partial charge in [-0.05, 0) is 0 Å². The number of nitrogens with zero attached hydrogens (tertiary/aromatic N) is 2. The van der Waals surface area contributed by atoms with Crippen molar-refractivity contribution in [3.8, 4) is 0 Å². The molecule has 2 rings (SSSR count). The second kappa shape index (κ2) is 7.84. The summed E-state index contributed by atoms with van der Waals surface area (Å²) < 4.78 is 1.83. The van der Waals surface area contributed by atoms with Crippen molar-refractivity contribution in [2.75, 3.05) is 41.3 Å². The van der Waals surface area contributed by atoms with Crippen LogP contribution in [0.2, 0.25) is 20.1 Å². The minimum absolute atomic E-state index is 0. The Morgan fingerprint density at radius 3 is 1.50 bits per heavy atom. The highest BCUT2D eigenvalue weighted by molar-refractivity contribution is 6.52. The van der Waals surface area contributed by atoms with Crippen LogP contribution < -0.4 is 24.8 Å². The number of likely N-dealkylation sites (N-methyl/N-ethyl adjacent to an activating group) is 2. The van der Waals surface area contributed by atoms with Crippen LogP contribution in [0.15, 0.2) is 0 Å². The molecule has 0 bridgehead atoms. The first-order valence-corrected chi connectivity index (χ1v) is 8.03. The molecule has 0 N–H and O–H groups in total. The SMILES string of the molecule is C[N+](C)(C)CC[N+]1(C)Cc2c(Cl)c(Cl)c(Cl)c(Cl)c2C1.[Cl-].[Cl-]. The summed E-state index contributed by atoms with van der Waals surface area (Å²) in [4.78, 5) is 0. The van der Waals surface area contributed by atoms with Crippen LogP contribution in [0.1, 0.15) is 11.1 Å². The fourth-order valence-electron chi connectivity index (χ4n) is 2.57. The van der Waals surface area contributed by atoms with E-state index in [-0.39, 0.29) is 24.8 Å². The van der Waals surface area contributed by atoms with Gasteiger partial charge in [0.15, 0.2) is 0 Å². The largest absolute Gasteiger partial charge is 1.00 e. The van der Waals surface area contributed by atoms with Gasteiger partial charge >= 0.3 is 0 Å². The van der Waals surface area contributed by atoms with Crippen molar-refractivity contribution in [1.82, 2.24) is 0 Å². The van der Waals surface area contributed by atoms with E-state index in [0.29, 0.717) is 20.1 Å². The van der Waals surface area contributed by atoms with Gasteiger partial charge in [0.05, 0.1) is 48.3 Å². The highest BCUT2D eigenvalue weighted by atomic mass is 35.5. The summed E-state index contributed by atoms with van der Waals surface area (Å²) in [5.41, 5.74) is 2.10. The maximum absolute atomic E-state index is 6.34. The van der Waals surface area contributed by atoms with E-state index in [1.54, 1.807) is 0 Å². The maximum atomic E-state index is 6.34. The normalized spacial score (nSPS) is 15.8. The van der Waals surface area contributed by atoms with Gasteiger partial charge in [0, 0.05) is 11.1 Å². The summed E-state index contributed by atoms with van der Waals surface area (Å²) in [6.07, 6.45) is 0. The summed E-state index contributed by atoms with van der Waals surface area (Å²) in [7, 11) is 8.82. The molecule has 0 aliphatic carbocycles. The molecule has 8 heteroatoms. The molecule has 0 aromatic heterocycles. The molecule has 1 aromatic carbocycles. The third-order valence-electron chi connectivity index (χ3n) is 3.86. The Balaban J connectivity index is 0.00000220. The molecule has 0 unspecified atom stereocenters. The Morgan fingerprint density at radius 2 is 1.18 bits per heavy atom. The summed E-state index contributed by atoms with van der Waals surface area (Å²) in [6, 6.07) is 0. The van der Waals surface area contributed by atoms with Gasteiger partial charge in [-0.2, -0.15) is 0 Å². The number of quaternary nitrogens is 2. The Labute approximate surface area is 165 Å². The van der Waals surface area contributed by atoms with Crippen LogP contribution in [-0.2, 0) is 13.1 Å². The Hall–Kier alpha value is 0.880. The molecule has 1 aliphatic heterocycles. The first kappa shape index (κ1) is 22.9. The summed E-state index contributed by atoms with van der Waals surface area (Å²) in [6.45, 7) is 3.84. The second-order valence-corrected chi connectivity index (χ2v) is 8.40. The molecule has 0 saturated heterocycles. The van der Waals surface area contributed by atoms with Crippen molar-refractivity contribution in [3.63, 3.8) is 0 Å². The number of halogens is 6. The van der Waals surface area contributed by atoms with Crippen molar-refractivity contribution in [1.29, 1.82) is 0 Å². The van der Waals surface area contributed by atoms with Gasteiger partial charge in [-0.1, -0.05) is 46.4 Å². The first-order valence-electron chi connectivity index (χ1n) is 6.52. The van der Waals surface area contributed by atoms with Crippen LogP contribution in [0.3, 0.4) is 0 Å². The van der Waals surface area contributed by atoms with E-state index in [2.05, 4.69) is 28.2 Å². The molecule has 1 aromatic rings. The van der Waals surface area contributed by atoms with Gasteiger partial charge in [-0.15, -0.1) is 0 Å².